The van der Waals surface area contributed by atoms with Crippen LogP contribution in [-0.2, 0) is 11.8 Å². The summed E-state index contributed by atoms with van der Waals surface area (Å²) in [5.41, 5.74) is 0.635. The van der Waals surface area contributed by atoms with Crippen LogP contribution in [0.5, 0.6) is 5.88 Å². The summed E-state index contributed by atoms with van der Waals surface area (Å²) in [5, 5.41) is 4.62. The molecule has 0 aliphatic rings. The van der Waals surface area contributed by atoms with Crippen LogP contribution in [0.3, 0.4) is 0 Å². The molecule has 2 heterocycles. The third-order valence-electron chi connectivity index (χ3n) is 1.73. The van der Waals surface area contributed by atoms with Crippen LogP contribution in [0.1, 0.15) is 6.92 Å². The van der Waals surface area contributed by atoms with Crippen molar-refractivity contribution in [3.05, 3.63) is 12.5 Å². The normalized spacial score (nSPS) is 10.4. The summed E-state index contributed by atoms with van der Waals surface area (Å²) in [4.78, 5) is 18.6. The minimum absolute atomic E-state index is 0.246. The first-order valence-corrected chi connectivity index (χ1v) is 3.99. The quantitative estimate of drug-likeness (QED) is 0.607. The van der Waals surface area contributed by atoms with Crippen molar-refractivity contribution in [1.29, 1.82) is 0 Å². The topological polar surface area (TPSA) is 69.9 Å². The Bertz CT molecular complexity index is 491. The number of ether oxygens (including phenoxy) is 1. The second kappa shape index (κ2) is 3.06. The fourth-order valence-electron chi connectivity index (χ4n) is 1.16. The van der Waals surface area contributed by atoms with E-state index in [0.29, 0.717) is 11.0 Å². The number of aromatic nitrogens is 4. The minimum Gasteiger partial charge on any atom is -0.407 e. The Hall–Kier alpha value is -1.98. The number of hydrogen-bond donors (Lipinski definition) is 0. The molecule has 0 fully saturated rings. The van der Waals surface area contributed by atoms with Crippen molar-refractivity contribution < 1.29 is 9.53 Å². The third kappa shape index (κ3) is 1.30. The van der Waals surface area contributed by atoms with E-state index in [4.69, 9.17) is 4.74 Å². The lowest BCUT2D eigenvalue weighted by molar-refractivity contribution is -0.132. The maximum atomic E-state index is 10.8. The van der Waals surface area contributed by atoms with Crippen LogP contribution in [0, 0.1) is 0 Å². The van der Waals surface area contributed by atoms with E-state index in [1.807, 2.05) is 0 Å². The lowest BCUT2D eigenvalue weighted by Gasteiger charge is -1.99. The van der Waals surface area contributed by atoms with Crippen LogP contribution in [0.2, 0.25) is 0 Å². The Morgan fingerprint density at radius 2 is 2.29 bits per heavy atom. The highest BCUT2D eigenvalue weighted by Crippen LogP contribution is 2.19. The molecule has 0 spiro atoms. The first-order valence-electron chi connectivity index (χ1n) is 3.99. The molecule has 0 bridgehead atoms. The molecule has 14 heavy (non-hydrogen) atoms. The molecule has 2 rings (SSSR count). The molecule has 0 amide bonds. The van der Waals surface area contributed by atoms with Crippen LogP contribution in [0.15, 0.2) is 12.5 Å². The smallest absolute Gasteiger partial charge is 0.309 e. The summed E-state index contributed by atoms with van der Waals surface area (Å²) in [5.74, 6) is -0.163. The Kier molecular flexibility index (Phi) is 1.88. The molecule has 0 N–H and O–H groups in total. The maximum absolute atomic E-state index is 10.8. The molecule has 0 aromatic carbocycles. The summed E-state index contributed by atoms with van der Waals surface area (Å²) in [6.45, 7) is 1.32. The van der Waals surface area contributed by atoms with Gasteiger partial charge in [-0.05, 0) is 0 Å². The van der Waals surface area contributed by atoms with Crippen molar-refractivity contribution in [2.24, 2.45) is 7.05 Å². The zero-order valence-corrected chi connectivity index (χ0v) is 7.76. The molecule has 0 atom stereocenters. The Morgan fingerprint density at radius 3 is 3.00 bits per heavy atom. The zero-order valence-electron chi connectivity index (χ0n) is 7.76. The Labute approximate surface area is 79.5 Å². The highest BCUT2D eigenvalue weighted by atomic mass is 16.5. The van der Waals surface area contributed by atoms with E-state index in [-0.39, 0.29) is 5.88 Å². The van der Waals surface area contributed by atoms with Crippen molar-refractivity contribution >= 4 is 17.0 Å². The van der Waals surface area contributed by atoms with Crippen LogP contribution >= 0.6 is 0 Å². The number of carbonyl (C=O) groups excluding carboxylic acids is 1. The summed E-state index contributed by atoms with van der Waals surface area (Å²) in [6, 6.07) is 0. The van der Waals surface area contributed by atoms with Gasteiger partial charge in [0.2, 0.25) is 5.88 Å². The van der Waals surface area contributed by atoms with Crippen LogP contribution in [0.25, 0.3) is 11.0 Å². The van der Waals surface area contributed by atoms with Crippen molar-refractivity contribution in [2.45, 2.75) is 6.92 Å². The number of nitrogens with zero attached hydrogens (tertiary/aromatic N) is 4. The monoisotopic (exact) mass is 192 g/mol. The Morgan fingerprint density at radius 1 is 1.50 bits per heavy atom. The van der Waals surface area contributed by atoms with Gasteiger partial charge < -0.3 is 4.74 Å². The van der Waals surface area contributed by atoms with E-state index in [0.717, 1.165) is 0 Å². The largest absolute Gasteiger partial charge is 0.407 e. The predicted octanol–water partition coefficient (Wildman–Crippen LogP) is 0.289. The second-order valence-corrected chi connectivity index (χ2v) is 2.78. The van der Waals surface area contributed by atoms with Gasteiger partial charge in [-0.2, -0.15) is 5.10 Å². The maximum Gasteiger partial charge on any atom is 0.309 e. The van der Waals surface area contributed by atoms with Crippen molar-refractivity contribution in [3.8, 4) is 5.88 Å². The second-order valence-electron chi connectivity index (χ2n) is 2.78. The SMILES string of the molecule is CC(=O)Oc1ncnc2c1cnn2C. The summed E-state index contributed by atoms with van der Waals surface area (Å²) < 4.78 is 6.48. The van der Waals surface area contributed by atoms with Gasteiger partial charge in [0.25, 0.3) is 0 Å². The molecule has 0 aliphatic heterocycles. The molecule has 72 valence electrons. The average molecular weight is 192 g/mol. The van der Waals surface area contributed by atoms with E-state index in [9.17, 15) is 4.79 Å². The molecule has 0 saturated heterocycles. The molecule has 6 heteroatoms. The highest BCUT2D eigenvalue weighted by molar-refractivity contribution is 5.82. The van der Waals surface area contributed by atoms with E-state index in [1.165, 1.54) is 13.3 Å². The van der Waals surface area contributed by atoms with Gasteiger partial charge >= 0.3 is 5.97 Å². The lowest BCUT2D eigenvalue weighted by Crippen LogP contribution is -2.03. The standard InChI is InChI=1S/C8H8N4O2/c1-5(13)14-8-6-3-11-12(2)7(6)9-4-10-8/h3-4H,1-2H3. The van der Waals surface area contributed by atoms with Crippen molar-refractivity contribution in [1.82, 2.24) is 19.7 Å². The average Bonchev–Trinajstić information content (AvgIpc) is 2.49. The molecule has 0 saturated carbocycles. The van der Waals surface area contributed by atoms with Gasteiger partial charge in [-0.1, -0.05) is 0 Å². The van der Waals surface area contributed by atoms with Crippen LogP contribution in [0.4, 0.5) is 0 Å². The molecular weight excluding hydrogens is 184 g/mol. The molecule has 0 unspecified atom stereocenters. The number of aryl methyl sites for hydroxylation is 1. The van der Waals surface area contributed by atoms with Crippen LogP contribution in [-0.4, -0.2) is 25.7 Å². The van der Waals surface area contributed by atoms with Crippen molar-refractivity contribution in [2.75, 3.05) is 0 Å². The van der Waals surface area contributed by atoms with Gasteiger partial charge in [0.1, 0.15) is 11.7 Å². The summed E-state index contributed by atoms with van der Waals surface area (Å²) in [7, 11) is 1.76. The number of fused-ring (bicyclic) bond motifs is 1. The van der Waals surface area contributed by atoms with Gasteiger partial charge in [-0.3, -0.25) is 9.48 Å². The molecule has 2 aromatic heterocycles. The van der Waals surface area contributed by atoms with Gasteiger partial charge in [0, 0.05) is 14.0 Å². The van der Waals surface area contributed by atoms with Gasteiger partial charge in [-0.25, -0.2) is 9.97 Å². The minimum atomic E-state index is -0.408. The molecule has 0 radical (unpaired) electrons. The number of esters is 1. The van der Waals surface area contributed by atoms with E-state index in [2.05, 4.69) is 15.1 Å². The predicted molar refractivity (Wildman–Crippen MR) is 47.6 cm³/mol. The molecular formula is C8H8N4O2. The lowest BCUT2D eigenvalue weighted by atomic mass is 10.4. The molecule has 0 aliphatic carbocycles. The molecule has 6 nitrogen and oxygen atoms in total. The fraction of sp³-hybridized carbons (Fsp3) is 0.250. The highest BCUT2D eigenvalue weighted by Gasteiger charge is 2.09. The first-order chi connectivity index (χ1) is 6.68. The summed E-state index contributed by atoms with van der Waals surface area (Å²) >= 11 is 0. The zero-order chi connectivity index (χ0) is 10.1. The third-order valence-corrected chi connectivity index (χ3v) is 1.73. The van der Waals surface area contributed by atoms with Crippen LogP contribution < -0.4 is 4.74 Å². The van der Waals surface area contributed by atoms with E-state index >= 15 is 0 Å². The van der Waals surface area contributed by atoms with Crippen molar-refractivity contribution in [3.63, 3.8) is 0 Å². The number of carbonyl (C=O) groups is 1. The first kappa shape index (κ1) is 8.61. The van der Waals surface area contributed by atoms with Gasteiger partial charge in [0.15, 0.2) is 5.65 Å². The van der Waals surface area contributed by atoms with E-state index < -0.39 is 5.97 Å². The summed E-state index contributed by atoms with van der Waals surface area (Å²) in [6.07, 6.45) is 2.90. The van der Waals surface area contributed by atoms with E-state index in [1.54, 1.807) is 17.9 Å². The fourth-order valence-corrected chi connectivity index (χ4v) is 1.16. The van der Waals surface area contributed by atoms with Gasteiger partial charge in [0.05, 0.1) is 6.20 Å². The molecule has 2 aromatic rings. The Balaban J connectivity index is 2.59. The number of hydrogen-bond acceptors (Lipinski definition) is 5. The van der Waals surface area contributed by atoms with Gasteiger partial charge in [-0.15, -0.1) is 0 Å². The number of rotatable bonds is 1.